The van der Waals surface area contributed by atoms with Crippen LogP contribution in [-0.4, -0.2) is 12.5 Å². The molecule has 1 N–H and O–H groups in total. The van der Waals surface area contributed by atoms with Crippen LogP contribution in [0.3, 0.4) is 0 Å². The summed E-state index contributed by atoms with van der Waals surface area (Å²) < 4.78 is 11.0. The number of carbonyl (C=O) groups is 1. The van der Waals surface area contributed by atoms with Gasteiger partial charge in [0, 0.05) is 12.5 Å². The highest BCUT2D eigenvalue weighted by molar-refractivity contribution is 5.78. The molecule has 2 aromatic rings. The largest absolute Gasteiger partial charge is 0.469 e. The van der Waals surface area contributed by atoms with Gasteiger partial charge in [-0.3, -0.25) is 4.79 Å². The number of nitrogens with one attached hydrogen (secondary N) is 1. The molecule has 0 aromatic carbocycles. The Morgan fingerprint density at radius 1 is 1.10 bits per heavy atom. The van der Waals surface area contributed by atoms with Crippen LogP contribution >= 0.6 is 0 Å². The number of rotatable bonds is 5. The number of amides is 1. The first-order valence-corrected chi connectivity index (χ1v) is 7.69. The third-order valence-electron chi connectivity index (χ3n) is 4.23. The number of carbonyl (C=O) groups excluding carboxylic acids is 1. The summed E-state index contributed by atoms with van der Waals surface area (Å²) in [5.41, 5.74) is 0. The van der Waals surface area contributed by atoms with Gasteiger partial charge < -0.3 is 14.2 Å². The molecule has 0 atom stereocenters. The number of furan rings is 2. The van der Waals surface area contributed by atoms with Gasteiger partial charge in [0.05, 0.1) is 18.4 Å². The van der Waals surface area contributed by atoms with Crippen LogP contribution in [0.4, 0.5) is 0 Å². The molecule has 0 saturated heterocycles. The first-order chi connectivity index (χ1) is 10.3. The van der Waals surface area contributed by atoms with E-state index in [0.717, 1.165) is 37.2 Å². The zero-order valence-electron chi connectivity index (χ0n) is 12.1. The Kier molecular flexibility index (Phi) is 4.43. The minimum atomic E-state index is -0.0671. The van der Waals surface area contributed by atoms with Crippen LogP contribution in [0.15, 0.2) is 45.6 Å². The second kappa shape index (κ2) is 6.66. The van der Waals surface area contributed by atoms with Crippen LogP contribution in [0, 0.1) is 5.92 Å². The Morgan fingerprint density at radius 2 is 1.71 bits per heavy atom. The van der Waals surface area contributed by atoms with Gasteiger partial charge in [-0.15, -0.1) is 0 Å². The van der Waals surface area contributed by atoms with E-state index in [1.54, 1.807) is 12.5 Å². The molecule has 2 aromatic heterocycles. The lowest BCUT2D eigenvalue weighted by atomic mass is 9.88. The molecule has 1 aliphatic rings. The predicted molar refractivity (Wildman–Crippen MR) is 78.8 cm³/mol. The maximum Gasteiger partial charge on any atom is 0.223 e. The number of hydrogen-bond donors (Lipinski definition) is 1. The molecule has 1 aliphatic carbocycles. The van der Waals surface area contributed by atoms with E-state index in [-0.39, 0.29) is 17.7 Å². The number of hydrogen-bond acceptors (Lipinski definition) is 3. The average molecular weight is 287 g/mol. The van der Waals surface area contributed by atoms with Gasteiger partial charge in [-0.2, -0.15) is 0 Å². The van der Waals surface area contributed by atoms with Crippen molar-refractivity contribution in [2.75, 3.05) is 6.54 Å². The van der Waals surface area contributed by atoms with Crippen molar-refractivity contribution in [3.63, 3.8) is 0 Å². The van der Waals surface area contributed by atoms with Crippen LogP contribution < -0.4 is 5.32 Å². The molecule has 0 radical (unpaired) electrons. The van der Waals surface area contributed by atoms with E-state index in [4.69, 9.17) is 8.83 Å². The Morgan fingerprint density at radius 3 is 2.24 bits per heavy atom. The van der Waals surface area contributed by atoms with Crippen LogP contribution in [0.25, 0.3) is 0 Å². The average Bonchev–Trinajstić information content (AvgIpc) is 3.22. The molecule has 1 fully saturated rings. The Bertz CT molecular complexity index is 504. The standard InChI is InChI=1S/C17H21NO3/c19-17(13-6-2-1-3-7-13)18-12-14(15-8-4-10-20-15)16-9-5-11-21-16/h4-5,8-11,13-14H,1-3,6-7,12H2,(H,18,19). The molecule has 0 bridgehead atoms. The molecule has 4 heteroatoms. The van der Waals surface area contributed by atoms with Gasteiger partial charge in [-0.1, -0.05) is 19.3 Å². The van der Waals surface area contributed by atoms with Crippen molar-refractivity contribution in [2.24, 2.45) is 5.92 Å². The highest BCUT2D eigenvalue weighted by Gasteiger charge is 2.24. The normalized spacial score (nSPS) is 16.2. The molecule has 2 heterocycles. The molecule has 112 valence electrons. The van der Waals surface area contributed by atoms with Gasteiger partial charge in [0.2, 0.25) is 5.91 Å². The monoisotopic (exact) mass is 287 g/mol. The van der Waals surface area contributed by atoms with Gasteiger partial charge in [0.15, 0.2) is 0 Å². The van der Waals surface area contributed by atoms with Crippen molar-refractivity contribution in [3.8, 4) is 0 Å². The fourth-order valence-electron chi connectivity index (χ4n) is 3.03. The summed E-state index contributed by atoms with van der Waals surface area (Å²) in [5, 5.41) is 3.07. The van der Waals surface area contributed by atoms with Gasteiger partial charge in [-0.05, 0) is 37.1 Å². The molecule has 4 nitrogen and oxygen atoms in total. The fraction of sp³-hybridized carbons (Fsp3) is 0.471. The summed E-state index contributed by atoms with van der Waals surface area (Å²) in [4.78, 5) is 12.3. The molecular formula is C17H21NO3. The summed E-state index contributed by atoms with van der Waals surface area (Å²) in [6.45, 7) is 0.510. The van der Waals surface area contributed by atoms with E-state index >= 15 is 0 Å². The van der Waals surface area contributed by atoms with Gasteiger partial charge >= 0.3 is 0 Å². The maximum absolute atomic E-state index is 12.3. The van der Waals surface area contributed by atoms with Crippen molar-refractivity contribution >= 4 is 5.91 Å². The van der Waals surface area contributed by atoms with E-state index < -0.39 is 0 Å². The van der Waals surface area contributed by atoms with Crippen LogP contribution in [0.5, 0.6) is 0 Å². The molecule has 1 saturated carbocycles. The van der Waals surface area contributed by atoms with Gasteiger partial charge in [0.1, 0.15) is 11.5 Å². The topological polar surface area (TPSA) is 55.4 Å². The molecule has 0 spiro atoms. The predicted octanol–water partition coefficient (Wildman–Crippen LogP) is 3.70. The minimum Gasteiger partial charge on any atom is -0.469 e. The molecular weight excluding hydrogens is 266 g/mol. The van der Waals surface area contributed by atoms with E-state index in [2.05, 4.69) is 5.32 Å². The van der Waals surface area contributed by atoms with Crippen LogP contribution in [-0.2, 0) is 4.79 Å². The smallest absolute Gasteiger partial charge is 0.223 e. The summed E-state index contributed by atoms with van der Waals surface area (Å²) in [6.07, 6.45) is 8.90. The summed E-state index contributed by atoms with van der Waals surface area (Å²) >= 11 is 0. The summed E-state index contributed by atoms with van der Waals surface area (Å²) in [5.74, 6) is 1.90. The summed E-state index contributed by atoms with van der Waals surface area (Å²) in [7, 11) is 0. The van der Waals surface area contributed by atoms with E-state index in [9.17, 15) is 4.79 Å². The fourth-order valence-corrected chi connectivity index (χ4v) is 3.03. The van der Waals surface area contributed by atoms with Gasteiger partial charge in [0.25, 0.3) is 0 Å². The second-order valence-electron chi connectivity index (χ2n) is 5.66. The molecule has 1 amide bonds. The SMILES string of the molecule is O=C(NCC(c1ccco1)c1ccco1)C1CCCCC1. The van der Waals surface area contributed by atoms with E-state index in [0.29, 0.717) is 6.54 Å². The van der Waals surface area contributed by atoms with Crippen molar-refractivity contribution < 1.29 is 13.6 Å². The van der Waals surface area contributed by atoms with Crippen molar-refractivity contribution in [1.82, 2.24) is 5.32 Å². The zero-order chi connectivity index (χ0) is 14.5. The zero-order valence-corrected chi connectivity index (χ0v) is 12.1. The van der Waals surface area contributed by atoms with Crippen LogP contribution in [0.1, 0.15) is 49.5 Å². The van der Waals surface area contributed by atoms with Crippen LogP contribution in [0.2, 0.25) is 0 Å². The molecule has 3 rings (SSSR count). The third kappa shape index (κ3) is 3.38. The van der Waals surface area contributed by atoms with E-state index in [1.165, 1.54) is 6.42 Å². The Labute approximate surface area is 124 Å². The minimum absolute atomic E-state index is 0.0671. The molecule has 0 unspecified atom stereocenters. The van der Waals surface area contributed by atoms with Crippen molar-refractivity contribution in [2.45, 2.75) is 38.0 Å². The lowest BCUT2D eigenvalue weighted by Gasteiger charge is -2.22. The Balaban J connectivity index is 1.64. The first-order valence-electron chi connectivity index (χ1n) is 7.69. The van der Waals surface area contributed by atoms with Gasteiger partial charge in [-0.25, -0.2) is 0 Å². The maximum atomic E-state index is 12.3. The Hall–Kier alpha value is -1.97. The van der Waals surface area contributed by atoms with Crippen molar-refractivity contribution in [3.05, 3.63) is 48.3 Å². The lowest BCUT2D eigenvalue weighted by molar-refractivity contribution is -0.125. The first kappa shape index (κ1) is 14.0. The molecule has 0 aliphatic heterocycles. The third-order valence-corrected chi connectivity index (χ3v) is 4.23. The highest BCUT2D eigenvalue weighted by Crippen LogP contribution is 2.26. The lowest BCUT2D eigenvalue weighted by Crippen LogP contribution is -2.34. The van der Waals surface area contributed by atoms with Crippen molar-refractivity contribution in [1.29, 1.82) is 0 Å². The quantitative estimate of drug-likeness (QED) is 0.912. The molecule has 21 heavy (non-hydrogen) atoms. The second-order valence-corrected chi connectivity index (χ2v) is 5.66. The summed E-state index contributed by atoms with van der Waals surface area (Å²) in [6, 6.07) is 7.54. The highest BCUT2D eigenvalue weighted by atomic mass is 16.3. The van der Waals surface area contributed by atoms with E-state index in [1.807, 2.05) is 24.3 Å².